The molecule has 0 saturated heterocycles. The first-order valence-electron chi connectivity index (χ1n) is 7.27. The molecule has 25 heavy (non-hydrogen) atoms. The zero-order valence-corrected chi connectivity index (χ0v) is 14.0. The van der Waals surface area contributed by atoms with Crippen molar-refractivity contribution in [2.75, 3.05) is 21.3 Å². The first-order chi connectivity index (χ1) is 12.0. The molecule has 0 aliphatic heterocycles. The van der Waals surface area contributed by atoms with E-state index in [1.807, 2.05) is 0 Å². The van der Waals surface area contributed by atoms with E-state index in [4.69, 9.17) is 14.2 Å². The highest BCUT2D eigenvalue weighted by Crippen LogP contribution is 2.28. The standard InChI is InChI=1S/C18H17NO6/c1-23-13-6-9-17(24-2)14(11-13)16(20)7-4-12-5-8-18(25-3)15(10-12)19(21)22/h4-11H,1-3H3/b7-4+. The van der Waals surface area contributed by atoms with E-state index in [1.54, 1.807) is 24.3 Å². The van der Waals surface area contributed by atoms with Crippen LogP contribution in [0.5, 0.6) is 17.2 Å². The Kier molecular flexibility index (Phi) is 5.73. The van der Waals surface area contributed by atoms with Crippen LogP contribution in [0.15, 0.2) is 42.5 Å². The van der Waals surface area contributed by atoms with Gasteiger partial charge in [0, 0.05) is 6.07 Å². The predicted molar refractivity (Wildman–Crippen MR) is 92.6 cm³/mol. The van der Waals surface area contributed by atoms with Gasteiger partial charge in [0.2, 0.25) is 0 Å². The molecule has 2 aromatic rings. The molecule has 0 saturated carbocycles. The van der Waals surface area contributed by atoms with Crippen molar-refractivity contribution in [3.05, 3.63) is 63.7 Å². The molecule has 0 N–H and O–H groups in total. The summed E-state index contributed by atoms with van der Waals surface area (Å²) in [6.07, 6.45) is 2.82. The smallest absolute Gasteiger partial charge is 0.311 e. The van der Waals surface area contributed by atoms with Crippen molar-refractivity contribution in [3.8, 4) is 17.2 Å². The molecule has 2 rings (SSSR count). The number of hydrogen-bond acceptors (Lipinski definition) is 6. The summed E-state index contributed by atoms with van der Waals surface area (Å²) in [4.78, 5) is 22.9. The molecule has 0 spiro atoms. The second-order valence-electron chi connectivity index (χ2n) is 4.95. The van der Waals surface area contributed by atoms with Crippen LogP contribution in [0.3, 0.4) is 0 Å². The maximum atomic E-state index is 12.4. The zero-order chi connectivity index (χ0) is 18.4. The van der Waals surface area contributed by atoms with Gasteiger partial charge in [0.15, 0.2) is 11.5 Å². The summed E-state index contributed by atoms with van der Waals surface area (Å²) in [5.74, 6) is 0.783. The summed E-state index contributed by atoms with van der Waals surface area (Å²) in [6, 6.07) is 9.34. The number of rotatable bonds is 7. The lowest BCUT2D eigenvalue weighted by atomic mass is 10.1. The molecule has 0 aliphatic carbocycles. The van der Waals surface area contributed by atoms with Crippen molar-refractivity contribution in [1.82, 2.24) is 0 Å². The van der Waals surface area contributed by atoms with E-state index in [2.05, 4.69) is 0 Å². The van der Waals surface area contributed by atoms with Crippen LogP contribution in [-0.2, 0) is 0 Å². The van der Waals surface area contributed by atoms with Gasteiger partial charge < -0.3 is 14.2 Å². The third-order valence-electron chi connectivity index (χ3n) is 3.50. The van der Waals surface area contributed by atoms with E-state index in [0.29, 0.717) is 22.6 Å². The second-order valence-corrected chi connectivity index (χ2v) is 4.95. The number of nitro groups is 1. The molecule has 0 bridgehead atoms. The molecule has 0 amide bonds. The lowest BCUT2D eigenvalue weighted by molar-refractivity contribution is -0.385. The predicted octanol–water partition coefficient (Wildman–Crippen LogP) is 3.52. The number of carbonyl (C=O) groups is 1. The van der Waals surface area contributed by atoms with Crippen LogP contribution in [-0.4, -0.2) is 32.0 Å². The van der Waals surface area contributed by atoms with E-state index >= 15 is 0 Å². The molecular weight excluding hydrogens is 326 g/mol. The van der Waals surface area contributed by atoms with Crippen molar-refractivity contribution in [3.63, 3.8) is 0 Å². The van der Waals surface area contributed by atoms with Gasteiger partial charge in [-0.05, 0) is 35.9 Å². The van der Waals surface area contributed by atoms with Gasteiger partial charge in [-0.15, -0.1) is 0 Å². The molecule has 7 heteroatoms. The number of methoxy groups -OCH3 is 3. The maximum absolute atomic E-state index is 12.4. The number of nitro benzene ring substituents is 1. The molecule has 0 unspecified atom stereocenters. The number of nitrogens with zero attached hydrogens (tertiary/aromatic N) is 1. The van der Waals surface area contributed by atoms with Crippen LogP contribution in [0, 0.1) is 10.1 Å². The number of carbonyl (C=O) groups excluding carboxylic acids is 1. The van der Waals surface area contributed by atoms with Crippen LogP contribution in [0.4, 0.5) is 5.69 Å². The third-order valence-corrected chi connectivity index (χ3v) is 3.50. The molecule has 2 aromatic carbocycles. The lowest BCUT2D eigenvalue weighted by Gasteiger charge is -2.08. The molecule has 130 valence electrons. The molecule has 0 radical (unpaired) electrons. The first-order valence-corrected chi connectivity index (χ1v) is 7.27. The Labute approximate surface area is 144 Å². The fraction of sp³-hybridized carbons (Fsp3) is 0.167. The Hall–Kier alpha value is -3.35. The Balaban J connectivity index is 2.32. The van der Waals surface area contributed by atoms with Crippen LogP contribution in [0.25, 0.3) is 6.08 Å². The second kappa shape index (κ2) is 7.96. The van der Waals surface area contributed by atoms with Crippen LogP contribution < -0.4 is 14.2 Å². The maximum Gasteiger partial charge on any atom is 0.311 e. The van der Waals surface area contributed by atoms with Crippen molar-refractivity contribution in [1.29, 1.82) is 0 Å². The number of benzene rings is 2. The van der Waals surface area contributed by atoms with Gasteiger partial charge in [-0.25, -0.2) is 0 Å². The molecule has 7 nitrogen and oxygen atoms in total. The van der Waals surface area contributed by atoms with Gasteiger partial charge in [-0.1, -0.05) is 12.1 Å². The highest BCUT2D eigenvalue weighted by molar-refractivity contribution is 6.08. The number of ether oxygens (including phenoxy) is 3. The van der Waals surface area contributed by atoms with Crippen molar-refractivity contribution in [2.45, 2.75) is 0 Å². The lowest BCUT2D eigenvalue weighted by Crippen LogP contribution is -2.00. The van der Waals surface area contributed by atoms with Gasteiger partial charge in [-0.3, -0.25) is 14.9 Å². The van der Waals surface area contributed by atoms with E-state index < -0.39 is 4.92 Å². The highest BCUT2D eigenvalue weighted by atomic mass is 16.6. The summed E-state index contributed by atoms with van der Waals surface area (Å²) in [5, 5.41) is 11.1. The van der Waals surface area contributed by atoms with E-state index in [1.165, 1.54) is 45.6 Å². The topological polar surface area (TPSA) is 87.9 Å². The van der Waals surface area contributed by atoms with Gasteiger partial charge in [0.1, 0.15) is 11.5 Å². The Morgan fingerprint density at radius 1 is 1.00 bits per heavy atom. The average Bonchev–Trinajstić information content (AvgIpc) is 2.65. The zero-order valence-electron chi connectivity index (χ0n) is 14.0. The van der Waals surface area contributed by atoms with Gasteiger partial charge in [0.05, 0.1) is 31.8 Å². The Bertz CT molecular complexity index is 828. The molecule has 0 aromatic heterocycles. The van der Waals surface area contributed by atoms with Crippen molar-refractivity contribution in [2.24, 2.45) is 0 Å². The summed E-state index contributed by atoms with van der Waals surface area (Å²) < 4.78 is 15.2. The van der Waals surface area contributed by atoms with Gasteiger partial charge >= 0.3 is 5.69 Å². The van der Waals surface area contributed by atoms with Crippen molar-refractivity contribution < 1.29 is 23.9 Å². The quantitative estimate of drug-likeness (QED) is 0.331. The minimum absolute atomic E-state index is 0.156. The van der Waals surface area contributed by atoms with Crippen molar-refractivity contribution >= 4 is 17.5 Å². The average molecular weight is 343 g/mol. The Morgan fingerprint density at radius 2 is 1.68 bits per heavy atom. The molecule has 0 aliphatic rings. The third kappa shape index (κ3) is 4.14. The van der Waals surface area contributed by atoms with E-state index in [0.717, 1.165) is 0 Å². The molecule has 0 fully saturated rings. The monoisotopic (exact) mass is 343 g/mol. The SMILES string of the molecule is COc1ccc(OC)c(C(=O)/C=C/c2ccc(OC)c([N+](=O)[O-])c2)c1. The Morgan fingerprint density at radius 3 is 2.28 bits per heavy atom. The van der Waals surface area contributed by atoms with Gasteiger partial charge in [-0.2, -0.15) is 0 Å². The minimum Gasteiger partial charge on any atom is -0.497 e. The van der Waals surface area contributed by atoms with Crippen LogP contribution >= 0.6 is 0 Å². The fourth-order valence-corrected chi connectivity index (χ4v) is 2.22. The largest absolute Gasteiger partial charge is 0.497 e. The minimum atomic E-state index is -0.539. The first kappa shape index (κ1) is 18.0. The molecule has 0 heterocycles. The molecule has 0 atom stereocenters. The highest BCUT2D eigenvalue weighted by Gasteiger charge is 2.15. The fourth-order valence-electron chi connectivity index (χ4n) is 2.22. The van der Waals surface area contributed by atoms with E-state index in [-0.39, 0.29) is 17.2 Å². The summed E-state index contributed by atoms with van der Waals surface area (Å²) in [6.45, 7) is 0. The van der Waals surface area contributed by atoms with E-state index in [9.17, 15) is 14.9 Å². The van der Waals surface area contributed by atoms with Crippen LogP contribution in [0.1, 0.15) is 15.9 Å². The van der Waals surface area contributed by atoms with Crippen LogP contribution in [0.2, 0.25) is 0 Å². The normalized spacial score (nSPS) is 10.5. The molecular formula is C18H17NO6. The summed E-state index contributed by atoms with van der Waals surface area (Å²) >= 11 is 0. The summed E-state index contributed by atoms with van der Waals surface area (Å²) in [5.41, 5.74) is 0.667. The number of allylic oxidation sites excluding steroid dienone is 1. The van der Waals surface area contributed by atoms with Gasteiger partial charge in [0.25, 0.3) is 0 Å². The summed E-state index contributed by atoms with van der Waals surface area (Å²) in [7, 11) is 4.33. The number of hydrogen-bond donors (Lipinski definition) is 0. The number of ketones is 1.